The summed E-state index contributed by atoms with van der Waals surface area (Å²) >= 11 is 0. The van der Waals surface area contributed by atoms with E-state index in [-0.39, 0.29) is 23.1 Å². The number of carbonyl (C=O) groups is 5. The number of benzene rings is 1. The Hall–Kier alpha value is -4.66. The predicted octanol–water partition coefficient (Wildman–Crippen LogP) is 1.28. The number of hydrogen-bond donors (Lipinski definition) is 1. The van der Waals surface area contributed by atoms with E-state index in [1.54, 1.807) is 0 Å². The maximum absolute atomic E-state index is 12.4. The molecule has 0 spiro atoms. The highest BCUT2D eigenvalue weighted by Crippen LogP contribution is 2.35. The highest BCUT2D eigenvalue weighted by molar-refractivity contribution is 5.87. The first-order valence-electron chi connectivity index (χ1n) is 12.3. The van der Waals surface area contributed by atoms with E-state index in [9.17, 15) is 33.9 Å². The van der Waals surface area contributed by atoms with Crippen molar-refractivity contribution in [1.82, 2.24) is 0 Å². The van der Waals surface area contributed by atoms with E-state index in [0.717, 1.165) is 27.7 Å². The van der Waals surface area contributed by atoms with E-state index in [1.807, 2.05) is 0 Å². The first-order valence-corrected chi connectivity index (χ1v) is 12.3. The Morgan fingerprint density at radius 1 is 0.878 bits per heavy atom. The van der Waals surface area contributed by atoms with Crippen LogP contribution in [0.4, 0.5) is 0 Å². The molecule has 1 aliphatic rings. The van der Waals surface area contributed by atoms with Gasteiger partial charge < -0.3 is 42.7 Å². The maximum Gasteiger partial charge on any atom is 0.383 e. The largest absolute Gasteiger partial charge is 0.504 e. The summed E-state index contributed by atoms with van der Waals surface area (Å²) < 4.78 is 42.8. The van der Waals surface area contributed by atoms with Crippen molar-refractivity contribution in [2.45, 2.75) is 71.7 Å². The summed E-state index contributed by atoms with van der Waals surface area (Å²) in [7, 11) is 0. The fourth-order valence-electron chi connectivity index (χ4n) is 3.91. The Bertz CT molecular complexity index is 1390. The summed E-state index contributed by atoms with van der Waals surface area (Å²) in [5, 5.41) is 10.5. The van der Waals surface area contributed by atoms with Crippen LogP contribution in [0.15, 0.2) is 27.4 Å². The van der Waals surface area contributed by atoms with E-state index in [2.05, 4.69) is 0 Å². The summed E-state index contributed by atoms with van der Waals surface area (Å²) in [6.45, 7) is 5.41. The number of aromatic hydroxyl groups is 1. The second-order valence-electron chi connectivity index (χ2n) is 8.74. The highest BCUT2D eigenvalue weighted by Gasteiger charge is 2.53. The van der Waals surface area contributed by atoms with Gasteiger partial charge in [0, 0.05) is 40.2 Å². The number of hydrogen-bond acceptors (Lipinski definition) is 15. The standard InChI is InChI=1S/C26H28O15/c1-6-19(31)41-22-20(32)16-8-7-15(9-17(16)39-25(22)33)38-26-24(37-14(5)30)23(36-13(4)29)21(35-12(3)28)18(40-26)10-34-11(2)27/h7-9,18,21,23-24,26,32H,6,10H2,1-5H3/t18-,21+,23+,24-,26-/m1/s1. The number of carbonyl (C=O) groups excluding carboxylic acids is 5. The number of fused-ring (bicyclic) bond motifs is 1. The molecular weight excluding hydrogens is 552 g/mol. The first kappa shape index (κ1) is 30.9. The van der Waals surface area contributed by atoms with Crippen molar-refractivity contribution < 1.29 is 66.7 Å². The molecule has 1 fully saturated rings. The van der Waals surface area contributed by atoms with Gasteiger partial charge in [-0.1, -0.05) is 6.92 Å². The summed E-state index contributed by atoms with van der Waals surface area (Å²) in [6, 6.07) is 3.80. The summed E-state index contributed by atoms with van der Waals surface area (Å²) in [5.74, 6) is -5.26. The molecule has 0 saturated carbocycles. The Morgan fingerprint density at radius 2 is 1.49 bits per heavy atom. The Balaban J connectivity index is 2.03. The van der Waals surface area contributed by atoms with Gasteiger partial charge in [-0.05, 0) is 12.1 Å². The molecule has 2 heterocycles. The Kier molecular flexibility index (Phi) is 9.89. The number of rotatable bonds is 9. The predicted molar refractivity (Wildman–Crippen MR) is 133 cm³/mol. The van der Waals surface area contributed by atoms with Gasteiger partial charge in [0.1, 0.15) is 24.0 Å². The summed E-state index contributed by atoms with van der Waals surface area (Å²) in [5.41, 5.74) is -1.31. The van der Waals surface area contributed by atoms with Crippen LogP contribution < -0.4 is 15.1 Å². The first-order chi connectivity index (χ1) is 19.3. The van der Waals surface area contributed by atoms with Crippen LogP contribution in [0.3, 0.4) is 0 Å². The topological polar surface area (TPSA) is 200 Å². The van der Waals surface area contributed by atoms with Gasteiger partial charge in [0.05, 0.1) is 5.39 Å². The monoisotopic (exact) mass is 580 g/mol. The molecule has 0 aliphatic carbocycles. The van der Waals surface area contributed by atoms with Gasteiger partial charge in [-0.15, -0.1) is 0 Å². The van der Waals surface area contributed by atoms with Crippen LogP contribution in [0.25, 0.3) is 11.0 Å². The molecule has 0 unspecified atom stereocenters. The van der Waals surface area contributed by atoms with E-state index in [1.165, 1.54) is 25.1 Å². The second kappa shape index (κ2) is 13.1. The van der Waals surface area contributed by atoms with E-state index < -0.39 is 84.3 Å². The van der Waals surface area contributed by atoms with Crippen LogP contribution in [-0.2, 0) is 47.7 Å². The molecule has 0 bridgehead atoms. The van der Waals surface area contributed by atoms with Crippen molar-refractivity contribution in [2.24, 2.45) is 0 Å². The Labute approximate surface area is 232 Å². The second-order valence-corrected chi connectivity index (χ2v) is 8.74. The average Bonchev–Trinajstić information content (AvgIpc) is 2.87. The van der Waals surface area contributed by atoms with Crippen LogP contribution >= 0.6 is 0 Å². The molecule has 5 atom stereocenters. The third-order valence-electron chi connectivity index (χ3n) is 5.52. The normalized spacial score (nSPS) is 21.8. The smallest absolute Gasteiger partial charge is 0.383 e. The van der Waals surface area contributed by atoms with Gasteiger partial charge in [0.25, 0.3) is 5.75 Å². The molecule has 0 amide bonds. The summed E-state index contributed by atoms with van der Waals surface area (Å²) in [6.07, 6.45) is -7.19. The van der Waals surface area contributed by atoms with Gasteiger partial charge in [-0.25, -0.2) is 4.79 Å². The zero-order valence-corrected chi connectivity index (χ0v) is 22.7. The zero-order valence-electron chi connectivity index (χ0n) is 22.7. The number of esters is 5. The van der Waals surface area contributed by atoms with Crippen LogP contribution in [0.2, 0.25) is 0 Å². The van der Waals surface area contributed by atoms with Crippen LogP contribution in [0.1, 0.15) is 41.0 Å². The van der Waals surface area contributed by atoms with Crippen molar-refractivity contribution in [3.63, 3.8) is 0 Å². The molecule has 2 aromatic rings. The van der Waals surface area contributed by atoms with Gasteiger partial charge in [0.15, 0.2) is 18.0 Å². The SMILES string of the molecule is CCC(=O)Oc1c(O)c2ccc(O[C@@H]3O[C@H](COC(C)=O)[C@H](OC(C)=O)[C@H](OC(C)=O)[C@H]3OC(C)=O)cc2oc1=O. The lowest BCUT2D eigenvalue weighted by atomic mass is 9.98. The van der Waals surface area contributed by atoms with Gasteiger partial charge >= 0.3 is 35.5 Å². The molecule has 1 aromatic heterocycles. The van der Waals surface area contributed by atoms with Crippen molar-refractivity contribution in [3.8, 4) is 17.2 Å². The zero-order chi connectivity index (χ0) is 30.4. The van der Waals surface area contributed by atoms with Gasteiger partial charge in [-0.3, -0.25) is 24.0 Å². The van der Waals surface area contributed by atoms with Crippen LogP contribution in [0.5, 0.6) is 17.2 Å². The molecule has 41 heavy (non-hydrogen) atoms. The average molecular weight is 580 g/mol. The van der Waals surface area contributed by atoms with Crippen LogP contribution in [0, 0.1) is 0 Å². The molecule has 1 saturated heterocycles. The number of ether oxygens (including phenoxy) is 7. The van der Waals surface area contributed by atoms with Crippen molar-refractivity contribution in [3.05, 3.63) is 28.6 Å². The lowest BCUT2D eigenvalue weighted by Crippen LogP contribution is -2.63. The fourth-order valence-corrected chi connectivity index (χ4v) is 3.91. The highest BCUT2D eigenvalue weighted by atomic mass is 16.7. The molecule has 1 N–H and O–H groups in total. The molecule has 15 nitrogen and oxygen atoms in total. The Morgan fingerprint density at radius 3 is 2.07 bits per heavy atom. The molecule has 1 aromatic carbocycles. The lowest BCUT2D eigenvalue weighted by molar-refractivity contribution is -0.288. The van der Waals surface area contributed by atoms with Crippen LogP contribution in [-0.4, -0.2) is 72.3 Å². The minimum absolute atomic E-state index is 0.00241. The van der Waals surface area contributed by atoms with Gasteiger partial charge in [0.2, 0.25) is 12.4 Å². The molecular formula is C26H28O15. The molecule has 15 heteroatoms. The maximum atomic E-state index is 12.4. The lowest BCUT2D eigenvalue weighted by Gasteiger charge is -2.43. The van der Waals surface area contributed by atoms with E-state index in [0.29, 0.717) is 0 Å². The van der Waals surface area contributed by atoms with Crippen molar-refractivity contribution in [2.75, 3.05) is 6.61 Å². The quantitative estimate of drug-likeness (QED) is 0.252. The summed E-state index contributed by atoms with van der Waals surface area (Å²) in [4.78, 5) is 71.3. The minimum Gasteiger partial charge on any atom is -0.504 e. The van der Waals surface area contributed by atoms with Crippen molar-refractivity contribution in [1.29, 1.82) is 0 Å². The molecule has 0 radical (unpaired) electrons. The van der Waals surface area contributed by atoms with Crippen molar-refractivity contribution >= 4 is 40.8 Å². The molecule has 222 valence electrons. The molecule has 1 aliphatic heterocycles. The minimum atomic E-state index is -1.54. The van der Waals surface area contributed by atoms with E-state index >= 15 is 0 Å². The third kappa shape index (κ3) is 7.72. The molecule has 3 rings (SSSR count). The van der Waals surface area contributed by atoms with E-state index in [4.69, 9.17) is 37.6 Å². The fraction of sp³-hybridized carbons (Fsp3) is 0.462. The van der Waals surface area contributed by atoms with Gasteiger partial charge in [-0.2, -0.15) is 0 Å². The third-order valence-corrected chi connectivity index (χ3v) is 5.52.